The zero-order chi connectivity index (χ0) is 15.2. The second-order valence-corrected chi connectivity index (χ2v) is 7.03. The Morgan fingerprint density at radius 3 is 2.30 bits per heavy atom. The number of fused-ring (bicyclic) bond motifs is 1. The molecule has 0 radical (unpaired) electrons. The SMILES string of the molecule is Cc1ccc2nc(-c3ccc(N)cc3)sc2c1S(=O)(=O)O.[K+].[NH2-]. The van der Waals surface area contributed by atoms with Crippen LogP contribution in [0.15, 0.2) is 41.3 Å². The van der Waals surface area contributed by atoms with Gasteiger partial charge in [0.2, 0.25) is 0 Å². The number of nitrogen functional groups attached to an aromatic ring is 1. The Labute approximate surface area is 180 Å². The molecule has 0 aliphatic heterocycles. The standard InChI is InChI=1S/C14H12N2O3S2.K.H2N/c1-8-2-7-11-12(13(8)21(17,18)19)20-14(16-11)9-3-5-10(15)6-4-9;;/h2-7H,15H2,1H3,(H,17,18,19);;1H2/q;+1;-1. The van der Waals surface area contributed by atoms with E-state index in [1.54, 1.807) is 31.2 Å². The molecular weight excluding hydrogens is 361 g/mol. The molecule has 9 heteroatoms. The fraction of sp³-hybridized carbons (Fsp3) is 0.0714. The summed E-state index contributed by atoms with van der Waals surface area (Å²) < 4.78 is 33.0. The Balaban J connectivity index is 0.00000132. The summed E-state index contributed by atoms with van der Waals surface area (Å²) in [5, 5.41) is 0.681. The maximum Gasteiger partial charge on any atom is 1.00 e. The van der Waals surface area contributed by atoms with Crippen LogP contribution in [0.5, 0.6) is 0 Å². The van der Waals surface area contributed by atoms with Gasteiger partial charge in [-0.1, -0.05) is 6.07 Å². The number of nitrogens with zero attached hydrogens (tertiary/aromatic N) is 1. The first-order valence-electron chi connectivity index (χ1n) is 6.10. The van der Waals surface area contributed by atoms with E-state index in [1.165, 1.54) is 11.3 Å². The normalized spacial score (nSPS) is 10.9. The van der Waals surface area contributed by atoms with E-state index in [0.717, 1.165) is 5.56 Å². The second kappa shape index (κ2) is 7.68. The van der Waals surface area contributed by atoms with Crippen molar-refractivity contribution in [1.29, 1.82) is 0 Å². The first-order valence-corrected chi connectivity index (χ1v) is 8.35. The van der Waals surface area contributed by atoms with Crippen LogP contribution in [-0.4, -0.2) is 18.0 Å². The van der Waals surface area contributed by atoms with Gasteiger partial charge in [-0.3, -0.25) is 4.55 Å². The minimum atomic E-state index is -4.29. The Kier molecular flexibility index (Phi) is 6.91. The maximum atomic E-state index is 11.6. The van der Waals surface area contributed by atoms with E-state index in [2.05, 4.69) is 4.98 Å². The third-order valence-corrected chi connectivity index (χ3v) is 5.43. The number of rotatable bonds is 2. The van der Waals surface area contributed by atoms with Crippen LogP contribution in [0.4, 0.5) is 5.69 Å². The summed E-state index contributed by atoms with van der Waals surface area (Å²) in [6, 6.07) is 10.6. The van der Waals surface area contributed by atoms with Gasteiger partial charge in [0.15, 0.2) is 0 Å². The molecule has 3 rings (SSSR count). The first-order chi connectivity index (χ1) is 9.86. The smallest absolute Gasteiger partial charge is 0.693 e. The van der Waals surface area contributed by atoms with Crippen molar-refractivity contribution in [2.24, 2.45) is 0 Å². The number of aryl methyl sites for hydroxylation is 1. The van der Waals surface area contributed by atoms with Crippen LogP contribution in [0, 0.1) is 6.92 Å². The van der Waals surface area contributed by atoms with Crippen LogP contribution in [0.2, 0.25) is 0 Å². The van der Waals surface area contributed by atoms with Crippen LogP contribution in [-0.2, 0) is 10.1 Å². The predicted octanol–water partition coefficient (Wildman–Crippen LogP) is 0.822. The monoisotopic (exact) mass is 375 g/mol. The summed E-state index contributed by atoms with van der Waals surface area (Å²) in [4.78, 5) is 4.36. The molecule has 1 heterocycles. The van der Waals surface area contributed by atoms with Gasteiger partial charge < -0.3 is 11.9 Å². The number of hydrogen-bond acceptors (Lipinski definition) is 5. The third kappa shape index (κ3) is 4.19. The van der Waals surface area contributed by atoms with Crippen molar-refractivity contribution in [3.05, 3.63) is 48.1 Å². The molecule has 0 spiro atoms. The summed E-state index contributed by atoms with van der Waals surface area (Å²) >= 11 is 1.23. The van der Waals surface area contributed by atoms with Crippen LogP contribution < -0.4 is 57.1 Å². The molecular formula is C14H14KN3O3S2. The molecule has 23 heavy (non-hydrogen) atoms. The fourth-order valence-electron chi connectivity index (χ4n) is 2.14. The van der Waals surface area contributed by atoms with Crippen LogP contribution in [0.1, 0.15) is 5.56 Å². The zero-order valence-electron chi connectivity index (χ0n) is 12.6. The van der Waals surface area contributed by atoms with Gasteiger partial charge in [-0.05, 0) is 42.8 Å². The summed E-state index contributed by atoms with van der Waals surface area (Å²) in [5.41, 5.74) is 8.19. The maximum absolute atomic E-state index is 11.6. The summed E-state index contributed by atoms with van der Waals surface area (Å²) in [5.74, 6) is 0. The van der Waals surface area contributed by atoms with Crippen molar-refractivity contribution in [2.75, 3.05) is 5.73 Å². The van der Waals surface area contributed by atoms with E-state index in [1.807, 2.05) is 12.1 Å². The molecule has 0 aliphatic rings. The molecule has 0 unspecified atom stereocenters. The molecule has 6 nitrogen and oxygen atoms in total. The molecule has 5 N–H and O–H groups in total. The number of aromatic nitrogens is 1. The molecule has 0 aliphatic carbocycles. The molecule has 1 aromatic heterocycles. The number of nitrogens with two attached hydrogens (primary N) is 2. The molecule has 0 bridgehead atoms. The van der Waals surface area contributed by atoms with Crippen molar-refractivity contribution in [1.82, 2.24) is 4.98 Å². The Hall–Kier alpha value is -0.364. The van der Waals surface area contributed by atoms with Gasteiger partial charge >= 0.3 is 51.4 Å². The van der Waals surface area contributed by atoms with Gasteiger partial charge in [0, 0.05) is 11.3 Å². The molecule has 2 aromatic carbocycles. The van der Waals surface area contributed by atoms with Crippen molar-refractivity contribution in [3.8, 4) is 10.6 Å². The van der Waals surface area contributed by atoms with Gasteiger partial charge in [-0.25, -0.2) is 4.98 Å². The Morgan fingerprint density at radius 2 is 1.74 bits per heavy atom. The van der Waals surface area contributed by atoms with E-state index >= 15 is 0 Å². The Morgan fingerprint density at radius 1 is 1.13 bits per heavy atom. The van der Waals surface area contributed by atoms with E-state index in [0.29, 0.717) is 26.5 Å². The van der Waals surface area contributed by atoms with Gasteiger partial charge in [0.25, 0.3) is 10.1 Å². The van der Waals surface area contributed by atoms with E-state index in [9.17, 15) is 13.0 Å². The number of thiazole rings is 1. The molecule has 0 saturated heterocycles. The second-order valence-electron chi connectivity index (χ2n) is 4.68. The van der Waals surface area contributed by atoms with Crippen LogP contribution in [0.3, 0.4) is 0 Å². The molecule has 0 atom stereocenters. The summed E-state index contributed by atoms with van der Waals surface area (Å²) in [7, 11) is -4.29. The largest absolute Gasteiger partial charge is 1.00 e. The summed E-state index contributed by atoms with van der Waals surface area (Å²) in [6.45, 7) is 1.64. The molecule has 0 saturated carbocycles. The quantitative estimate of drug-likeness (QED) is 0.389. The molecule has 3 aromatic rings. The average Bonchev–Trinajstić information content (AvgIpc) is 2.81. The molecule has 0 amide bonds. The van der Waals surface area contributed by atoms with Crippen molar-refractivity contribution in [2.45, 2.75) is 11.8 Å². The van der Waals surface area contributed by atoms with Crippen LogP contribution >= 0.6 is 11.3 Å². The van der Waals surface area contributed by atoms with Crippen molar-refractivity contribution >= 4 is 37.4 Å². The average molecular weight is 376 g/mol. The van der Waals surface area contributed by atoms with Crippen molar-refractivity contribution in [3.63, 3.8) is 0 Å². The predicted molar refractivity (Wildman–Crippen MR) is 89.3 cm³/mol. The number of hydrogen-bond donors (Lipinski definition) is 2. The number of benzene rings is 2. The minimum Gasteiger partial charge on any atom is -0.693 e. The van der Waals surface area contributed by atoms with Gasteiger partial charge in [-0.15, -0.1) is 11.3 Å². The summed E-state index contributed by atoms with van der Waals surface area (Å²) in [6.07, 6.45) is 0. The van der Waals surface area contributed by atoms with E-state index in [-0.39, 0.29) is 62.4 Å². The van der Waals surface area contributed by atoms with E-state index < -0.39 is 10.1 Å². The van der Waals surface area contributed by atoms with Gasteiger partial charge in [0.05, 0.1) is 10.2 Å². The first kappa shape index (κ1) is 20.7. The zero-order valence-corrected chi connectivity index (χ0v) is 17.4. The third-order valence-electron chi connectivity index (χ3n) is 3.12. The van der Waals surface area contributed by atoms with Crippen LogP contribution in [0.25, 0.3) is 26.9 Å². The Bertz CT molecular complexity index is 938. The topological polar surface area (TPSA) is 127 Å². The van der Waals surface area contributed by atoms with Gasteiger partial charge in [0.1, 0.15) is 9.90 Å². The van der Waals surface area contributed by atoms with Crippen molar-refractivity contribution < 1.29 is 64.4 Å². The molecule has 0 fully saturated rings. The minimum absolute atomic E-state index is 0. The number of anilines is 1. The van der Waals surface area contributed by atoms with E-state index in [4.69, 9.17) is 5.73 Å². The van der Waals surface area contributed by atoms with Gasteiger partial charge in [-0.2, -0.15) is 8.42 Å². The molecule has 116 valence electrons. The fourth-order valence-corrected chi connectivity index (χ4v) is 4.45.